The van der Waals surface area contributed by atoms with E-state index < -0.39 is 11.9 Å². The molecular weight excluding hydrogens is 397 g/mol. The second-order valence-electron chi connectivity index (χ2n) is 7.16. The number of carbonyl (C=O) groups is 1. The van der Waals surface area contributed by atoms with Crippen molar-refractivity contribution in [2.75, 3.05) is 40.1 Å². The van der Waals surface area contributed by atoms with Crippen molar-refractivity contribution < 1.29 is 9.18 Å². The monoisotopic (exact) mass is 419 g/mol. The zero-order chi connectivity index (χ0) is 21.1. The number of fused-ring (bicyclic) bond motifs is 1. The van der Waals surface area contributed by atoms with Crippen LogP contribution in [0.3, 0.4) is 0 Å². The number of pyridine rings is 1. The van der Waals surface area contributed by atoms with Crippen molar-refractivity contribution >= 4 is 34.4 Å². The second-order valence-corrected chi connectivity index (χ2v) is 7.60. The van der Waals surface area contributed by atoms with Crippen LogP contribution in [0.25, 0.3) is 22.4 Å². The fraction of sp³-hybridized carbons (Fsp3) is 0.368. The van der Waals surface area contributed by atoms with E-state index >= 15 is 0 Å². The Kier molecular flexibility index (Phi) is 6.29. The Bertz CT molecular complexity index is 1020. The highest BCUT2D eigenvalue weighted by atomic mass is 35.5. The minimum Gasteiger partial charge on any atom is -0.356 e. The maximum absolute atomic E-state index is 14.4. The van der Waals surface area contributed by atoms with Crippen LogP contribution < -0.4 is 5.32 Å². The molecule has 0 fully saturated rings. The third-order valence-corrected chi connectivity index (χ3v) is 4.60. The number of H-pyrrole nitrogens is 1. The van der Waals surface area contributed by atoms with Gasteiger partial charge in [0, 0.05) is 37.4 Å². The summed E-state index contributed by atoms with van der Waals surface area (Å²) in [4.78, 5) is 31.6. The number of halogens is 2. The number of likely N-dealkylation sites (N-methyl/N-ethyl adjacent to an activating group) is 1. The summed E-state index contributed by atoms with van der Waals surface area (Å²) >= 11 is 6.05. The van der Waals surface area contributed by atoms with Gasteiger partial charge in [0.15, 0.2) is 17.5 Å². The maximum atomic E-state index is 14.4. The van der Waals surface area contributed by atoms with E-state index in [9.17, 15) is 9.18 Å². The Hall–Kier alpha value is -2.78. The predicted octanol–water partition coefficient (Wildman–Crippen LogP) is 2.63. The zero-order valence-electron chi connectivity index (χ0n) is 16.7. The fourth-order valence-electron chi connectivity index (χ4n) is 2.88. The Labute approximate surface area is 173 Å². The molecule has 0 saturated heterocycles. The summed E-state index contributed by atoms with van der Waals surface area (Å²) in [6.07, 6.45) is 4.81. The number of aromatic nitrogens is 4. The standard InChI is InChI=1S/C19H23ClFN7O/c1-27(2)6-5-15(19(29)28(3)4)25-18-14(21)10-24-17(26-18)13-9-23-16-12(13)7-11(20)8-22-16/h7-10,15H,5-6H2,1-4H3,(H,22,23)(H,24,25,26)/t15-/m0/s1. The summed E-state index contributed by atoms with van der Waals surface area (Å²) in [6.45, 7) is 0.656. The first-order chi connectivity index (χ1) is 13.8. The lowest BCUT2D eigenvalue weighted by atomic mass is 10.1. The number of amides is 1. The van der Waals surface area contributed by atoms with E-state index in [1.807, 2.05) is 19.0 Å². The molecule has 29 heavy (non-hydrogen) atoms. The Morgan fingerprint density at radius 3 is 2.72 bits per heavy atom. The molecule has 0 unspecified atom stereocenters. The highest BCUT2D eigenvalue weighted by Gasteiger charge is 2.23. The Morgan fingerprint density at radius 1 is 1.28 bits per heavy atom. The number of carbonyl (C=O) groups excluding carboxylic acids is 1. The normalized spacial score (nSPS) is 12.4. The summed E-state index contributed by atoms with van der Waals surface area (Å²) in [5, 5.41) is 4.15. The van der Waals surface area contributed by atoms with Gasteiger partial charge in [0.1, 0.15) is 11.7 Å². The molecule has 3 aromatic rings. The molecule has 8 nitrogen and oxygen atoms in total. The van der Waals surface area contributed by atoms with Gasteiger partial charge in [-0.3, -0.25) is 4.79 Å². The first-order valence-corrected chi connectivity index (χ1v) is 9.42. The van der Waals surface area contributed by atoms with Gasteiger partial charge in [-0.25, -0.2) is 19.3 Å². The molecule has 0 bridgehead atoms. The van der Waals surface area contributed by atoms with Gasteiger partial charge in [-0.2, -0.15) is 0 Å². The molecule has 3 aromatic heterocycles. The van der Waals surface area contributed by atoms with Crippen LogP contribution in [0.4, 0.5) is 10.2 Å². The number of hydrogen-bond acceptors (Lipinski definition) is 6. The molecule has 3 heterocycles. The van der Waals surface area contributed by atoms with Crippen molar-refractivity contribution in [2.45, 2.75) is 12.5 Å². The van der Waals surface area contributed by atoms with Gasteiger partial charge in [0.2, 0.25) is 5.91 Å². The summed E-state index contributed by atoms with van der Waals surface area (Å²) in [5.74, 6) is -0.521. The molecule has 0 aromatic carbocycles. The summed E-state index contributed by atoms with van der Waals surface area (Å²) < 4.78 is 14.4. The van der Waals surface area contributed by atoms with E-state index in [0.29, 0.717) is 35.0 Å². The number of anilines is 1. The zero-order valence-corrected chi connectivity index (χ0v) is 17.5. The number of aromatic amines is 1. The number of nitrogens with zero attached hydrogens (tertiary/aromatic N) is 5. The van der Waals surface area contributed by atoms with E-state index in [2.05, 4.69) is 25.3 Å². The van der Waals surface area contributed by atoms with Crippen LogP contribution in [0.15, 0.2) is 24.7 Å². The minimum absolute atomic E-state index is 0.0294. The Morgan fingerprint density at radius 2 is 2.03 bits per heavy atom. The molecule has 0 radical (unpaired) electrons. The van der Waals surface area contributed by atoms with Gasteiger partial charge in [0.25, 0.3) is 0 Å². The summed E-state index contributed by atoms with van der Waals surface area (Å²) in [7, 11) is 7.15. The van der Waals surface area contributed by atoms with E-state index in [-0.39, 0.29) is 11.7 Å². The van der Waals surface area contributed by atoms with Gasteiger partial charge < -0.3 is 20.1 Å². The highest BCUT2D eigenvalue weighted by Crippen LogP contribution is 2.28. The molecule has 0 aliphatic rings. The molecule has 2 N–H and O–H groups in total. The molecule has 0 saturated carbocycles. The number of hydrogen-bond donors (Lipinski definition) is 2. The van der Waals surface area contributed by atoms with Gasteiger partial charge in [0.05, 0.1) is 11.2 Å². The van der Waals surface area contributed by atoms with Crippen molar-refractivity contribution in [3.8, 4) is 11.4 Å². The first-order valence-electron chi connectivity index (χ1n) is 9.04. The van der Waals surface area contributed by atoms with Crippen molar-refractivity contribution in [1.82, 2.24) is 29.7 Å². The maximum Gasteiger partial charge on any atom is 0.244 e. The third kappa shape index (κ3) is 4.80. The molecule has 1 amide bonds. The summed E-state index contributed by atoms with van der Waals surface area (Å²) in [5.41, 5.74) is 1.26. The van der Waals surface area contributed by atoms with Crippen LogP contribution in [-0.4, -0.2) is 76.4 Å². The summed E-state index contributed by atoms with van der Waals surface area (Å²) in [6, 6.07) is 1.12. The van der Waals surface area contributed by atoms with Crippen LogP contribution in [-0.2, 0) is 4.79 Å². The number of rotatable bonds is 7. The second kappa shape index (κ2) is 8.71. The molecule has 3 rings (SSSR count). The average Bonchev–Trinajstić information content (AvgIpc) is 3.08. The van der Waals surface area contributed by atoms with Gasteiger partial charge in [-0.05, 0) is 33.1 Å². The number of nitrogens with one attached hydrogen (secondary N) is 2. The minimum atomic E-state index is -0.633. The van der Waals surface area contributed by atoms with Crippen LogP contribution in [0.1, 0.15) is 6.42 Å². The van der Waals surface area contributed by atoms with Crippen molar-refractivity contribution in [3.05, 3.63) is 35.5 Å². The molecular formula is C19H23ClFN7O. The van der Waals surface area contributed by atoms with Crippen LogP contribution in [0.2, 0.25) is 5.02 Å². The molecule has 0 spiro atoms. The third-order valence-electron chi connectivity index (χ3n) is 4.40. The lowest BCUT2D eigenvalue weighted by molar-refractivity contribution is -0.129. The average molecular weight is 420 g/mol. The van der Waals surface area contributed by atoms with Gasteiger partial charge >= 0.3 is 0 Å². The van der Waals surface area contributed by atoms with E-state index in [1.54, 1.807) is 26.4 Å². The van der Waals surface area contributed by atoms with Crippen LogP contribution >= 0.6 is 11.6 Å². The fourth-order valence-corrected chi connectivity index (χ4v) is 3.04. The largest absolute Gasteiger partial charge is 0.356 e. The molecule has 10 heteroatoms. The lowest BCUT2D eigenvalue weighted by Gasteiger charge is -2.23. The first kappa shape index (κ1) is 20.9. The molecule has 0 aliphatic heterocycles. The topological polar surface area (TPSA) is 90.0 Å². The Balaban J connectivity index is 1.94. The lowest BCUT2D eigenvalue weighted by Crippen LogP contribution is -2.41. The predicted molar refractivity (Wildman–Crippen MR) is 111 cm³/mol. The van der Waals surface area contributed by atoms with Crippen LogP contribution in [0, 0.1) is 5.82 Å². The molecule has 154 valence electrons. The smallest absolute Gasteiger partial charge is 0.244 e. The highest BCUT2D eigenvalue weighted by molar-refractivity contribution is 6.31. The van der Waals surface area contributed by atoms with Crippen molar-refractivity contribution in [3.63, 3.8) is 0 Å². The molecule has 0 aliphatic carbocycles. The van der Waals surface area contributed by atoms with Crippen molar-refractivity contribution in [1.29, 1.82) is 0 Å². The van der Waals surface area contributed by atoms with E-state index in [1.165, 1.54) is 11.1 Å². The van der Waals surface area contributed by atoms with Crippen molar-refractivity contribution in [2.24, 2.45) is 0 Å². The quantitative estimate of drug-likeness (QED) is 0.612. The van der Waals surface area contributed by atoms with Gasteiger partial charge in [-0.15, -0.1) is 0 Å². The molecule has 1 atom stereocenters. The van der Waals surface area contributed by atoms with E-state index in [0.717, 1.165) is 11.6 Å². The van der Waals surface area contributed by atoms with E-state index in [4.69, 9.17) is 11.6 Å². The van der Waals surface area contributed by atoms with Crippen LogP contribution in [0.5, 0.6) is 0 Å². The SMILES string of the molecule is CN(C)CC[C@H](Nc1nc(-c2c[nH]c3ncc(Cl)cc23)ncc1F)C(=O)N(C)C. The van der Waals surface area contributed by atoms with Gasteiger partial charge in [-0.1, -0.05) is 11.6 Å².